The fraction of sp³-hybridized carbons (Fsp3) is 0.579. The minimum atomic E-state index is -0.0372. The van der Waals surface area contributed by atoms with Crippen LogP contribution in [0.1, 0.15) is 55.5 Å². The van der Waals surface area contributed by atoms with Gasteiger partial charge < -0.3 is 15.5 Å². The van der Waals surface area contributed by atoms with Gasteiger partial charge in [-0.25, -0.2) is 0 Å². The quantitative estimate of drug-likeness (QED) is 0.807. The number of amides is 2. The molecule has 0 radical (unpaired) electrons. The van der Waals surface area contributed by atoms with Crippen LogP contribution in [0.4, 0.5) is 5.69 Å². The van der Waals surface area contributed by atoms with Gasteiger partial charge in [-0.3, -0.25) is 9.59 Å². The van der Waals surface area contributed by atoms with E-state index in [1.165, 1.54) is 0 Å². The molecule has 0 spiro atoms. The number of anilines is 1. The zero-order valence-corrected chi connectivity index (χ0v) is 15.0. The van der Waals surface area contributed by atoms with Gasteiger partial charge in [0.1, 0.15) is 0 Å². The summed E-state index contributed by atoms with van der Waals surface area (Å²) in [5.74, 6) is 0.0262. The molecule has 1 heterocycles. The van der Waals surface area contributed by atoms with E-state index in [1.807, 2.05) is 30.0 Å². The average molecular weight is 331 g/mol. The van der Waals surface area contributed by atoms with Crippen molar-refractivity contribution in [3.8, 4) is 0 Å². The van der Waals surface area contributed by atoms with Crippen molar-refractivity contribution in [1.29, 1.82) is 0 Å². The summed E-state index contributed by atoms with van der Waals surface area (Å²) in [5, 5.41) is 6.16. The van der Waals surface area contributed by atoms with Gasteiger partial charge >= 0.3 is 0 Å². The molecule has 0 atom stereocenters. The molecule has 2 rings (SSSR count). The molecular weight excluding hydrogens is 302 g/mol. The van der Waals surface area contributed by atoms with E-state index in [9.17, 15) is 9.59 Å². The lowest BCUT2D eigenvalue weighted by Crippen LogP contribution is -2.38. The summed E-state index contributed by atoms with van der Waals surface area (Å²) in [5.41, 5.74) is 2.37. The molecule has 5 nitrogen and oxygen atoms in total. The molecule has 1 saturated heterocycles. The topological polar surface area (TPSA) is 61.4 Å². The van der Waals surface area contributed by atoms with Crippen LogP contribution in [-0.4, -0.2) is 42.4 Å². The third kappa shape index (κ3) is 4.49. The Balaban J connectivity index is 2.06. The third-order valence-electron chi connectivity index (χ3n) is 4.67. The summed E-state index contributed by atoms with van der Waals surface area (Å²) in [7, 11) is 0. The Morgan fingerprint density at radius 2 is 1.83 bits per heavy atom. The number of nitrogens with one attached hydrogen (secondary N) is 2. The second kappa shape index (κ2) is 8.71. The third-order valence-corrected chi connectivity index (χ3v) is 4.67. The molecule has 5 heteroatoms. The molecule has 0 aromatic heterocycles. The Labute approximate surface area is 144 Å². The number of aryl methyl sites for hydroxylation is 1. The van der Waals surface area contributed by atoms with Crippen molar-refractivity contribution in [2.24, 2.45) is 0 Å². The normalized spacial score (nSPS) is 14.1. The molecule has 1 aliphatic rings. The number of hydrogen-bond acceptors (Lipinski definition) is 3. The lowest BCUT2D eigenvalue weighted by atomic mass is 10.0. The van der Waals surface area contributed by atoms with E-state index in [4.69, 9.17) is 0 Å². The number of carbonyl (C=O) groups excluding carboxylic acids is 2. The molecule has 24 heavy (non-hydrogen) atoms. The highest BCUT2D eigenvalue weighted by atomic mass is 16.2. The first-order chi connectivity index (χ1) is 11.6. The molecule has 2 amide bonds. The van der Waals surface area contributed by atoms with Gasteiger partial charge in [-0.15, -0.1) is 0 Å². The van der Waals surface area contributed by atoms with E-state index in [0.29, 0.717) is 5.56 Å². The lowest BCUT2D eigenvalue weighted by molar-refractivity contribution is -0.120. The first-order valence-corrected chi connectivity index (χ1v) is 8.98. The number of nitrogens with zero attached hydrogens (tertiary/aromatic N) is 1. The number of rotatable bonds is 7. The molecule has 1 fully saturated rings. The van der Waals surface area contributed by atoms with Crippen LogP contribution in [0.15, 0.2) is 18.2 Å². The molecule has 2 N–H and O–H groups in total. The maximum atomic E-state index is 12.8. The van der Waals surface area contributed by atoms with E-state index in [1.54, 1.807) is 0 Å². The highest BCUT2D eigenvalue weighted by Gasteiger charge is 2.23. The summed E-state index contributed by atoms with van der Waals surface area (Å²) >= 11 is 0. The maximum absolute atomic E-state index is 12.8. The van der Waals surface area contributed by atoms with Gasteiger partial charge in [0.05, 0.1) is 12.1 Å². The van der Waals surface area contributed by atoms with Crippen LogP contribution in [0.25, 0.3) is 0 Å². The number of carbonyl (C=O) groups is 2. The summed E-state index contributed by atoms with van der Waals surface area (Å²) in [4.78, 5) is 26.8. The van der Waals surface area contributed by atoms with Crippen LogP contribution in [0, 0.1) is 6.92 Å². The fourth-order valence-corrected chi connectivity index (χ4v) is 3.12. The molecule has 1 aromatic carbocycles. The Hall–Kier alpha value is -2.04. The standard InChI is InChI=1S/C19H29N3O2/c1-4-15(5-2)21-17(23)13-20-16-10-8-9-14(3)18(16)19(24)22-11-6-7-12-22/h8-10,15,20H,4-7,11-13H2,1-3H3,(H,21,23). The smallest absolute Gasteiger partial charge is 0.256 e. The Morgan fingerprint density at radius 3 is 2.46 bits per heavy atom. The zero-order valence-electron chi connectivity index (χ0n) is 15.0. The first-order valence-electron chi connectivity index (χ1n) is 8.98. The minimum Gasteiger partial charge on any atom is -0.376 e. The van der Waals surface area contributed by atoms with Gasteiger partial charge in [-0.2, -0.15) is 0 Å². The lowest BCUT2D eigenvalue weighted by Gasteiger charge is -2.20. The van der Waals surface area contributed by atoms with Gasteiger partial charge in [0, 0.05) is 24.8 Å². The van der Waals surface area contributed by atoms with Gasteiger partial charge in [0.2, 0.25) is 5.91 Å². The van der Waals surface area contributed by atoms with Crippen LogP contribution in [0.3, 0.4) is 0 Å². The van der Waals surface area contributed by atoms with Crippen LogP contribution < -0.4 is 10.6 Å². The molecule has 132 valence electrons. The largest absolute Gasteiger partial charge is 0.376 e. The van der Waals surface area contributed by atoms with E-state index in [0.717, 1.165) is 50.0 Å². The fourth-order valence-electron chi connectivity index (χ4n) is 3.12. The van der Waals surface area contributed by atoms with E-state index in [2.05, 4.69) is 24.5 Å². The number of likely N-dealkylation sites (tertiary alicyclic amines) is 1. The average Bonchev–Trinajstić information content (AvgIpc) is 3.12. The Kier molecular flexibility index (Phi) is 6.64. The summed E-state index contributed by atoms with van der Waals surface area (Å²) in [6.07, 6.45) is 3.98. The van der Waals surface area contributed by atoms with Crippen molar-refractivity contribution in [3.05, 3.63) is 29.3 Å². The monoisotopic (exact) mass is 331 g/mol. The molecular formula is C19H29N3O2. The van der Waals surface area contributed by atoms with Crippen molar-refractivity contribution in [1.82, 2.24) is 10.2 Å². The van der Waals surface area contributed by atoms with Gasteiger partial charge in [-0.1, -0.05) is 26.0 Å². The second-order valence-electron chi connectivity index (χ2n) is 6.43. The summed E-state index contributed by atoms with van der Waals surface area (Å²) < 4.78 is 0. The van der Waals surface area contributed by atoms with E-state index >= 15 is 0 Å². The van der Waals surface area contributed by atoms with Crippen LogP contribution in [0.5, 0.6) is 0 Å². The predicted molar refractivity (Wildman–Crippen MR) is 97.3 cm³/mol. The molecule has 0 saturated carbocycles. The summed E-state index contributed by atoms with van der Waals surface area (Å²) in [6, 6.07) is 5.94. The van der Waals surface area contributed by atoms with Crippen LogP contribution in [0.2, 0.25) is 0 Å². The SMILES string of the molecule is CCC(CC)NC(=O)CNc1cccc(C)c1C(=O)N1CCCC1. The highest BCUT2D eigenvalue weighted by molar-refractivity contribution is 6.01. The molecule has 0 aliphatic carbocycles. The van der Waals surface area contributed by atoms with Crippen LogP contribution >= 0.6 is 0 Å². The van der Waals surface area contributed by atoms with Crippen molar-refractivity contribution in [3.63, 3.8) is 0 Å². The van der Waals surface area contributed by atoms with Crippen molar-refractivity contribution in [2.75, 3.05) is 25.0 Å². The van der Waals surface area contributed by atoms with Crippen molar-refractivity contribution >= 4 is 17.5 Å². The molecule has 1 aromatic rings. The zero-order chi connectivity index (χ0) is 17.5. The highest BCUT2D eigenvalue weighted by Crippen LogP contribution is 2.23. The van der Waals surface area contributed by atoms with E-state index in [-0.39, 0.29) is 24.4 Å². The molecule has 0 bridgehead atoms. The second-order valence-corrected chi connectivity index (χ2v) is 6.43. The van der Waals surface area contributed by atoms with Gasteiger partial charge in [0.25, 0.3) is 5.91 Å². The van der Waals surface area contributed by atoms with Crippen LogP contribution in [-0.2, 0) is 4.79 Å². The van der Waals surface area contributed by atoms with Crippen molar-refractivity contribution < 1.29 is 9.59 Å². The summed E-state index contributed by atoms with van der Waals surface area (Å²) in [6.45, 7) is 7.90. The first kappa shape index (κ1) is 18.3. The maximum Gasteiger partial charge on any atom is 0.256 e. The van der Waals surface area contributed by atoms with Crippen molar-refractivity contribution in [2.45, 2.75) is 52.5 Å². The molecule has 1 aliphatic heterocycles. The van der Waals surface area contributed by atoms with E-state index < -0.39 is 0 Å². The minimum absolute atomic E-state index is 0.0372. The Bertz CT molecular complexity index is 576. The number of benzene rings is 1. The van der Waals surface area contributed by atoms with Gasteiger partial charge in [0.15, 0.2) is 0 Å². The Morgan fingerprint density at radius 1 is 1.17 bits per heavy atom. The number of hydrogen-bond donors (Lipinski definition) is 2. The predicted octanol–water partition coefficient (Wildman–Crippen LogP) is 2.95. The van der Waals surface area contributed by atoms with Gasteiger partial charge in [-0.05, 0) is 44.2 Å². The molecule has 0 unspecified atom stereocenters.